The number of nitrogens with zero attached hydrogens (tertiary/aromatic N) is 1. The van der Waals surface area contributed by atoms with Gasteiger partial charge in [0, 0.05) is 11.0 Å². The minimum atomic E-state index is -0.328. The molecule has 2 aromatic carbocycles. The normalized spacial score (nSPS) is 15.1. The Bertz CT molecular complexity index is 989. The van der Waals surface area contributed by atoms with Gasteiger partial charge in [-0.15, -0.1) is 6.58 Å². The third-order valence-electron chi connectivity index (χ3n) is 4.03. The van der Waals surface area contributed by atoms with Crippen LogP contribution >= 0.6 is 43.6 Å². The van der Waals surface area contributed by atoms with E-state index in [0.29, 0.717) is 33.0 Å². The minimum absolute atomic E-state index is 0.192. The molecule has 150 valence electrons. The SMILES string of the molecule is C=CCN1C(=O)S/C(=C/c2cc(Br)c(OCc3ccc(Br)cc3)c(OC)c2)C1=O. The highest BCUT2D eigenvalue weighted by Crippen LogP contribution is 2.39. The first-order valence-electron chi connectivity index (χ1n) is 8.54. The highest BCUT2D eigenvalue weighted by atomic mass is 79.9. The summed E-state index contributed by atoms with van der Waals surface area (Å²) >= 11 is 7.83. The lowest BCUT2D eigenvalue weighted by atomic mass is 10.1. The van der Waals surface area contributed by atoms with Crippen molar-refractivity contribution in [1.82, 2.24) is 4.90 Å². The minimum Gasteiger partial charge on any atom is -0.493 e. The number of hydrogen-bond acceptors (Lipinski definition) is 5. The van der Waals surface area contributed by atoms with Gasteiger partial charge in [-0.05, 0) is 69.2 Å². The molecule has 0 saturated carbocycles. The molecule has 0 aromatic heterocycles. The van der Waals surface area contributed by atoms with E-state index in [9.17, 15) is 9.59 Å². The number of hydrogen-bond donors (Lipinski definition) is 0. The van der Waals surface area contributed by atoms with Crippen LogP contribution in [-0.2, 0) is 11.4 Å². The van der Waals surface area contributed by atoms with E-state index < -0.39 is 0 Å². The van der Waals surface area contributed by atoms with Crippen molar-refractivity contribution in [3.05, 3.63) is 74.0 Å². The number of rotatable bonds is 7. The van der Waals surface area contributed by atoms with Crippen LogP contribution in [0, 0.1) is 0 Å². The van der Waals surface area contributed by atoms with Gasteiger partial charge in [-0.2, -0.15) is 0 Å². The molecule has 1 fully saturated rings. The summed E-state index contributed by atoms with van der Waals surface area (Å²) in [6.07, 6.45) is 3.19. The molecule has 8 heteroatoms. The van der Waals surface area contributed by atoms with Gasteiger partial charge in [-0.1, -0.05) is 34.1 Å². The van der Waals surface area contributed by atoms with Gasteiger partial charge in [0.05, 0.1) is 16.5 Å². The van der Waals surface area contributed by atoms with Crippen LogP contribution in [0.4, 0.5) is 4.79 Å². The summed E-state index contributed by atoms with van der Waals surface area (Å²) in [5.41, 5.74) is 1.73. The van der Waals surface area contributed by atoms with Crippen LogP contribution in [0.2, 0.25) is 0 Å². The Balaban J connectivity index is 1.83. The molecule has 5 nitrogen and oxygen atoms in total. The van der Waals surface area contributed by atoms with E-state index in [0.717, 1.165) is 26.7 Å². The number of halogens is 2. The van der Waals surface area contributed by atoms with Gasteiger partial charge in [0.1, 0.15) is 6.61 Å². The first-order valence-corrected chi connectivity index (χ1v) is 10.9. The zero-order chi connectivity index (χ0) is 21.0. The molecule has 29 heavy (non-hydrogen) atoms. The maximum atomic E-state index is 12.4. The molecule has 0 radical (unpaired) electrons. The Kier molecular flexibility index (Phi) is 7.21. The average Bonchev–Trinajstić information content (AvgIpc) is 2.96. The second-order valence-corrected chi connectivity index (χ2v) is 8.79. The number of imide groups is 1. The molecule has 0 aliphatic carbocycles. The third-order valence-corrected chi connectivity index (χ3v) is 6.06. The molecule has 1 heterocycles. The molecule has 0 spiro atoms. The third kappa shape index (κ3) is 5.12. The largest absolute Gasteiger partial charge is 0.493 e. The summed E-state index contributed by atoms with van der Waals surface area (Å²) in [7, 11) is 1.55. The quantitative estimate of drug-likeness (QED) is 0.318. The second kappa shape index (κ2) is 9.65. The molecule has 0 atom stereocenters. The van der Waals surface area contributed by atoms with Gasteiger partial charge in [0.2, 0.25) is 0 Å². The van der Waals surface area contributed by atoms with Crippen molar-refractivity contribution in [2.24, 2.45) is 0 Å². The molecule has 1 aliphatic heterocycles. The predicted octanol–water partition coefficient (Wildman–Crippen LogP) is 6.02. The average molecular weight is 539 g/mol. The maximum absolute atomic E-state index is 12.4. The van der Waals surface area contributed by atoms with Crippen LogP contribution < -0.4 is 9.47 Å². The van der Waals surface area contributed by atoms with Crippen molar-refractivity contribution >= 4 is 60.8 Å². The van der Waals surface area contributed by atoms with Crippen LogP contribution in [0.1, 0.15) is 11.1 Å². The molecular formula is C21H17Br2NO4S. The molecule has 3 rings (SSSR count). The zero-order valence-electron chi connectivity index (χ0n) is 15.5. The molecular weight excluding hydrogens is 522 g/mol. The fourth-order valence-corrected chi connectivity index (χ4v) is 4.32. The highest BCUT2D eigenvalue weighted by Gasteiger charge is 2.34. The van der Waals surface area contributed by atoms with Crippen LogP contribution in [0.15, 0.2) is 62.9 Å². The molecule has 2 aromatic rings. The molecule has 2 amide bonds. The van der Waals surface area contributed by atoms with Crippen molar-refractivity contribution < 1.29 is 19.1 Å². The van der Waals surface area contributed by atoms with E-state index in [2.05, 4.69) is 38.4 Å². The molecule has 0 bridgehead atoms. The van der Waals surface area contributed by atoms with Crippen molar-refractivity contribution in [2.45, 2.75) is 6.61 Å². The summed E-state index contributed by atoms with van der Waals surface area (Å²) in [4.78, 5) is 25.9. The number of methoxy groups -OCH3 is 1. The fraction of sp³-hybridized carbons (Fsp3) is 0.143. The molecule has 0 N–H and O–H groups in total. The van der Waals surface area contributed by atoms with Gasteiger partial charge < -0.3 is 9.47 Å². The number of thioether (sulfide) groups is 1. The first kappa shape index (κ1) is 21.7. The Hall–Kier alpha value is -2.03. The van der Waals surface area contributed by atoms with Gasteiger partial charge >= 0.3 is 0 Å². The van der Waals surface area contributed by atoms with Crippen LogP contribution in [-0.4, -0.2) is 29.7 Å². The molecule has 1 saturated heterocycles. The number of benzene rings is 2. The number of ether oxygens (including phenoxy) is 2. The summed E-state index contributed by atoms with van der Waals surface area (Å²) < 4.78 is 13.1. The molecule has 0 unspecified atom stereocenters. The summed E-state index contributed by atoms with van der Waals surface area (Å²) in [5.74, 6) is 0.756. The molecule has 1 aliphatic rings. The van der Waals surface area contributed by atoms with E-state index in [1.807, 2.05) is 30.3 Å². The van der Waals surface area contributed by atoms with E-state index in [1.165, 1.54) is 6.08 Å². The maximum Gasteiger partial charge on any atom is 0.293 e. The summed E-state index contributed by atoms with van der Waals surface area (Å²) in [5, 5.41) is -0.304. The highest BCUT2D eigenvalue weighted by molar-refractivity contribution is 9.10. The monoisotopic (exact) mass is 537 g/mol. The van der Waals surface area contributed by atoms with Gasteiger partial charge in [0.25, 0.3) is 11.1 Å². The summed E-state index contributed by atoms with van der Waals surface area (Å²) in [6, 6.07) is 11.4. The van der Waals surface area contributed by atoms with E-state index in [1.54, 1.807) is 19.3 Å². The van der Waals surface area contributed by atoms with Crippen LogP contribution in [0.3, 0.4) is 0 Å². The van der Waals surface area contributed by atoms with Gasteiger partial charge in [0.15, 0.2) is 11.5 Å². The Morgan fingerprint density at radius 2 is 1.90 bits per heavy atom. The van der Waals surface area contributed by atoms with Crippen LogP contribution in [0.25, 0.3) is 6.08 Å². The number of carbonyl (C=O) groups is 2. The van der Waals surface area contributed by atoms with Gasteiger partial charge in [-0.3, -0.25) is 14.5 Å². The van der Waals surface area contributed by atoms with E-state index in [-0.39, 0.29) is 17.7 Å². The zero-order valence-corrected chi connectivity index (χ0v) is 19.5. The van der Waals surface area contributed by atoms with E-state index in [4.69, 9.17) is 9.47 Å². The summed E-state index contributed by atoms with van der Waals surface area (Å²) in [6.45, 7) is 4.15. The first-order chi connectivity index (χ1) is 13.9. The second-order valence-electron chi connectivity index (χ2n) is 6.03. The fourth-order valence-electron chi connectivity index (χ4n) is 2.64. The number of amides is 2. The lowest BCUT2D eigenvalue weighted by molar-refractivity contribution is -0.122. The van der Waals surface area contributed by atoms with Crippen molar-refractivity contribution in [3.8, 4) is 11.5 Å². The lowest BCUT2D eigenvalue weighted by Crippen LogP contribution is -2.27. The van der Waals surface area contributed by atoms with Crippen LogP contribution in [0.5, 0.6) is 11.5 Å². The van der Waals surface area contributed by atoms with Gasteiger partial charge in [-0.25, -0.2) is 0 Å². The van der Waals surface area contributed by atoms with Crippen molar-refractivity contribution in [1.29, 1.82) is 0 Å². The van der Waals surface area contributed by atoms with Crippen molar-refractivity contribution in [2.75, 3.05) is 13.7 Å². The van der Waals surface area contributed by atoms with Crippen molar-refractivity contribution in [3.63, 3.8) is 0 Å². The Morgan fingerprint density at radius 3 is 2.55 bits per heavy atom. The standard InChI is InChI=1S/C21H17Br2NO4S/c1-3-8-24-20(25)18(29-21(24)26)11-14-9-16(23)19(17(10-14)27-2)28-12-13-4-6-15(22)7-5-13/h3-7,9-11H,1,8,12H2,2H3/b18-11+. The topological polar surface area (TPSA) is 55.8 Å². The Labute approximate surface area is 190 Å². The lowest BCUT2D eigenvalue weighted by Gasteiger charge is -2.14. The smallest absolute Gasteiger partial charge is 0.293 e. The Morgan fingerprint density at radius 1 is 1.17 bits per heavy atom. The predicted molar refractivity (Wildman–Crippen MR) is 122 cm³/mol. The number of carbonyl (C=O) groups excluding carboxylic acids is 2. The van der Waals surface area contributed by atoms with E-state index >= 15 is 0 Å².